The standard InChI is InChI=1S/C9H7N3/c1-7-8(6-10)5-9-3-2-4-12(9)11-7/h2-5H,1H3. The minimum absolute atomic E-state index is 0.640. The highest BCUT2D eigenvalue weighted by atomic mass is 15.2. The van der Waals surface area contributed by atoms with E-state index in [-0.39, 0.29) is 0 Å². The van der Waals surface area contributed by atoms with Crippen molar-refractivity contribution in [3.63, 3.8) is 0 Å². The van der Waals surface area contributed by atoms with Crippen molar-refractivity contribution < 1.29 is 0 Å². The summed E-state index contributed by atoms with van der Waals surface area (Å²) in [5.41, 5.74) is 2.36. The summed E-state index contributed by atoms with van der Waals surface area (Å²) in [6.45, 7) is 1.83. The van der Waals surface area contributed by atoms with Crippen molar-refractivity contribution in [2.75, 3.05) is 0 Å². The first kappa shape index (κ1) is 6.86. The van der Waals surface area contributed by atoms with Crippen molar-refractivity contribution in [1.29, 1.82) is 5.26 Å². The molecule has 0 bridgehead atoms. The minimum atomic E-state index is 0.640. The van der Waals surface area contributed by atoms with Gasteiger partial charge in [-0.05, 0) is 25.1 Å². The van der Waals surface area contributed by atoms with Gasteiger partial charge in [-0.3, -0.25) is 0 Å². The number of aryl methyl sites for hydroxylation is 1. The fraction of sp³-hybridized carbons (Fsp3) is 0.111. The zero-order chi connectivity index (χ0) is 8.55. The smallest absolute Gasteiger partial charge is 0.101 e. The third kappa shape index (κ3) is 0.857. The van der Waals surface area contributed by atoms with Crippen LogP contribution in [0.5, 0.6) is 0 Å². The molecule has 0 spiro atoms. The van der Waals surface area contributed by atoms with Gasteiger partial charge in [-0.2, -0.15) is 10.4 Å². The molecule has 0 N–H and O–H groups in total. The van der Waals surface area contributed by atoms with E-state index in [0.717, 1.165) is 11.2 Å². The first-order chi connectivity index (χ1) is 5.81. The molecule has 0 atom stereocenters. The largest absolute Gasteiger partial charge is 0.241 e. The maximum absolute atomic E-state index is 8.72. The van der Waals surface area contributed by atoms with E-state index < -0.39 is 0 Å². The van der Waals surface area contributed by atoms with Crippen molar-refractivity contribution in [1.82, 2.24) is 9.61 Å². The Morgan fingerprint density at radius 2 is 2.42 bits per heavy atom. The Morgan fingerprint density at radius 3 is 3.17 bits per heavy atom. The van der Waals surface area contributed by atoms with E-state index in [1.165, 1.54) is 0 Å². The molecule has 0 amide bonds. The molecular weight excluding hydrogens is 150 g/mol. The summed E-state index contributed by atoms with van der Waals surface area (Å²) in [4.78, 5) is 0. The normalized spacial score (nSPS) is 10.0. The summed E-state index contributed by atoms with van der Waals surface area (Å²) in [7, 11) is 0. The van der Waals surface area contributed by atoms with E-state index in [2.05, 4.69) is 11.2 Å². The molecule has 3 heteroatoms. The topological polar surface area (TPSA) is 41.1 Å². The van der Waals surface area contributed by atoms with Crippen LogP contribution in [0.2, 0.25) is 0 Å². The van der Waals surface area contributed by atoms with Gasteiger partial charge in [-0.25, -0.2) is 4.52 Å². The summed E-state index contributed by atoms with van der Waals surface area (Å²) < 4.78 is 1.76. The van der Waals surface area contributed by atoms with Crippen LogP contribution in [0.15, 0.2) is 24.4 Å². The Morgan fingerprint density at radius 1 is 1.58 bits per heavy atom. The molecule has 0 saturated carbocycles. The Bertz CT molecular complexity index is 462. The summed E-state index contributed by atoms with van der Waals surface area (Å²) in [5.74, 6) is 0. The molecule has 12 heavy (non-hydrogen) atoms. The lowest BCUT2D eigenvalue weighted by molar-refractivity contribution is 0.901. The van der Waals surface area contributed by atoms with Gasteiger partial charge in [0.1, 0.15) is 6.07 Å². The number of rotatable bonds is 0. The van der Waals surface area contributed by atoms with Gasteiger partial charge in [-0.1, -0.05) is 0 Å². The Hall–Kier alpha value is -1.82. The van der Waals surface area contributed by atoms with Crippen molar-refractivity contribution in [2.24, 2.45) is 0 Å². The Kier molecular flexibility index (Phi) is 1.34. The van der Waals surface area contributed by atoms with Crippen LogP contribution in [0.3, 0.4) is 0 Å². The van der Waals surface area contributed by atoms with Crippen molar-refractivity contribution in [3.8, 4) is 6.07 Å². The summed E-state index contributed by atoms with van der Waals surface area (Å²) in [5, 5.41) is 12.9. The van der Waals surface area contributed by atoms with E-state index in [1.54, 1.807) is 4.52 Å². The maximum atomic E-state index is 8.72. The predicted molar refractivity (Wildman–Crippen MR) is 44.6 cm³/mol. The van der Waals surface area contributed by atoms with Gasteiger partial charge < -0.3 is 0 Å². The maximum Gasteiger partial charge on any atom is 0.101 e. The second-order valence-corrected chi connectivity index (χ2v) is 2.63. The summed E-state index contributed by atoms with van der Waals surface area (Å²) in [6.07, 6.45) is 1.86. The predicted octanol–water partition coefficient (Wildman–Crippen LogP) is 1.51. The fourth-order valence-electron chi connectivity index (χ4n) is 1.17. The quantitative estimate of drug-likeness (QED) is 0.581. The summed E-state index contributed by atoms with van der Waals surface area (Å²) in [6, 6.07) is 7.77. The first-order valence-electron chi connectivity index (χ1n) is 3.66. The van der Waals surface area contributed by atoms with Gasteiger partial charge in [0.15, 0.2) is 0 Å². The minimum Gasteiger partial charge on any atom is -0.241 e. The second-order valence-electron chi connectivity index (χ2n) is 2.63. The van der Waals surface area contributed by atoms with Gasteiger partial charge >= 0.3 is 0 Å². The molecule has 58 valence electrons. The fourth-order valence-corrected chi connectivity index (χ4v) is 1.17. The number of hydrogen-bond acceptors (Lipinski definition) is 2. The lowest BCUT2D eigenvalue weighted by atomic mass is 10.2. The molecule has 0 saturated heterocycles. The van der Waals surface area contributed by atoms with Crippen LogP contribution in [-0.4, -0.2) is 9.61 Å². The van der Waals surface area contributed by atoms with E-state index >= 15 is 0 Å². The average Bonchev–Trinajstić information content (AvgIpc) is 2.49. The SMILES string of the molecule is Cc1nn2cccc2cc1C#N. The van der Waals surface area contributed by atoms with Gasteiger partial charge in [0.2, 0.25) is 0 Å². The second kappa shape index (κ2) is 2.35. The van der Waals surface area contributed by atoms with Crippen LogP contribution in [0.1, 0.15) is 11.3 Å². The van der Waals surface area contributed by atoms with E-state index in [4.69, 9.17) is 5.26 Å². The highest BCUT2D eigenvalue weighted by molar-refractivity contribution is 5.52. The molecule has 0 aliphatic heterocycles. The van der Waals surface area contributed by atoms with E-state index in [0.29, 0.717) is 5.56 Å². The third-order valence-corrected chi connectivity index (χ3v) is 1.82. The first-order valence-corrected chi connectivity index (χ1v) is 3.66. The molecule has 2 rings (SSSR count). The molecule has 0 aromatic carbocycles. The Labute approximate surface area is 69.9 Å². The van der Waals surface area contributed by atoms with Crippen molar-refractivity contribution in [3.05, 3.63) is 35.7 Å². The van der Waals surface area contributed by atoms with Crippen LogP contribution < -0.4 is 0 Å². The molecule has 2 aromatic heterocycles. The molecular formula is C9H7N3. The van der Waals surface area contributed by atoms with E-state index in [1.807, 2.05) is 31.3 Å². The van der Waals surface area contributed by atoms with Crippen molar-refractivity contribution >= 4 is 5.52 Å². The number of fused-ring (bicyclic) bond motifs is 1. The molecule has 0 aliphatic carbocycles. The van der Waals surface area contributed by atoms with Gasteiger partial charge in [0, 0.05) is 6.20 Å². The molecule has 0 unspecified atom stereocenters. The molecule has 3 nitrogen and oxygen atoms in total. The van der Waals surface area contributed by atoms with Gasteiger partial charge in [0.05, 0.1) is 16.8 Å². The van der Waals surface area contributed by atoms with E-state index in [9.17, 15) is 0 Å². The lowest BCUT2D eigenvalue weighted by Gasteiger charge is -1.97. The molecule has 0 fully saturated rings. The number of nitrogens with zero attached hydrogens (tertiary/aromatic N) is 3. The van der Waals surface area contributed by atoms with Crippen LogP contribution in [0.4, 0.5) is 0 Å². The average molecular weight is 157 g/mol. The van der Waals surface area contributed by atoms with Gasteiger partial charge in [0.25, 0.3) is 0 Å². The van der Waals surface area contributed by atoms with Gasteiger partial charge in [-0.15, -0.1) is 0 Å². The molecule has 2 aromatic rings. The molecule has 0 aliphatic rings. The Balaban J connectivity index is 2.84. The zero-order valence-corrected chi connectivity index (χ0v) is 6.65. The van der Waals surface area contributed by atoms with Crippen LogP contribution >= 0.6 is 0 Å². The summed E-state index contributed by atoms with van der Waals surface area (Å²) >= 11 is 0. The van der Waals surface area contributed by atoms with Crippen molar-refractivity contribution in [2.45, 2.75) is 6.92 Å². The van der Waals surface area contributed by atoms with Crippen LogP contribution in [-0.2, 0) is 0 Å². The number of aromatic nitrogens is 2. The molecule has 2 heterocycles. The zero-order valence-electron chi connectivity index (χ0n) is 6.65. The lowest BCUT2D eigenvalue weighted by Crippen LogP contribution is -1.95. The number of hydrogen-bond donors (Lipinski definition) is 0. The monoisotopic (exact) mass is 157 g/mol. The van der Waals surface area contributed by atoms with Crippen LogP contribution in [0, 0.1) is 18.3 Å². The highest BCUT2D eigenvalue weighted by Gasteiger charge is 2.00. The highest BCUT2D eigenvalue weighted by Crippen LogP contribution is 2.08. The molecule has 0 radical (unpaired) electrons. The van der Waals surface area contributed by atoms with Crippen LogP contribution in [0.25, 0.3) is 5.52 Å². The number of nitriles is 1. The third-order valence-electron chi connectivity index (χ3n) is 1.82.